The van der Waals surface area contributed by atoms with E-state index in [0.717, 1.165) is 16.3 Å². The predicted molar refractivity (Wildman–Crippen MR) is 111 cm³/mol. The van der Waals surface area contributed by atoms with Gasteiger partial charge in [-0.05, 0) is 46.8 Å². The summed E-state index contributed by atoms with van der Waals surface area (Å²) in [6, 6.07) is 20.8. The molecule has 0 fully saturated rings. The molecule has 0 bridgehead atoms. The maximum Gasteiger partial charge on any atom is 0.291 e. The fourth-order valence-corrected chi connectivity index (χ4v) is 3.41. The molecule has 0 aliphatic heterocycles. The van der Waals surface area contributed by atoms with E-state index >= 15 is 0 Å². The maximum absolute atomic E-state index is 13.0. The van der Waals surface area contributed by atoms with Crippen LogP contribution in [0.4, 0.5) is 8.78 Å². The minimum atomic E-state index is -2.63. The van der Waals surface area contributed by atoms with E-state index in [1.165, 1.54) is 4.68 Å². The first-order valence-electron chi connectivity index (χ1n) is 8.72. The summed E-state index contributed by atoms with van der Waals surface area (Å²) in [4.78, 5) is 0. The van der Waals surface area contributed by atoms with Gasteiger partial charge in [-0.1, -0.05) is 42.5 Å². The zero-order valence-electron chi connectivity index (χ0n) is 15.4. The molecule has 0 spiro atoms. The summed E-state index contributed by atoms with van der Waals surface area (Å²) in [7, 11) is 1.57. The van der Waals surface area contributed by atoms with Gasteiger partial charge in [-0.2, -0.15) is 18.6 Å². The van der Waals surface area contributed by atoms with Crippen molar-refractivity contribution >= 4 is 28.7 Å². The number of ether oxygens (including phenoxy) is 1. The van der Waals surface area contributed by atoms with Crippen LogP contribution in [0.25, 0.3) is 22.2 Å². The van der Waals surface area contributed by atoms with Crippen molar-refractivity contribution in [3.05, 3.63) is 72.3 Å². The molecule has 4 rings (SSSR count). The lowest BCUT2D eigenvalue weighted by molar-refractivity contribution is 0.251. The van der Waals surface area contributed by atoms with Crippen molar-refractivity contribution in [1.29, 1.82) is 0 Å². The van der Waals surface area contributed by atoms with Gasteiger partial charge in [-0.3, -0.25) is 0 Å². The Balaban J connectivity index is 1.78. The molecular weight excluding hydrogens is 394 g/mol. The molecule has 0 radical (unpaired) electrons. The Labute approximate surface area is 170 Å². The van der Waals surface area contributed by atoms with Crippen molar-refractivity contribution in [3.8, 4) is 17.1 Å². The molecule has 0 saturated carbocycles. The fourth-order valence-electron chi connectivity index (χ4n) is 2.93. The molecule has 0 N–H and O–H groups in total. The van der Waals surface area contributed by atoms with E-state index in [1.54, 1.807) is 37.6 Å². The van der Waals surface area contributed by atoms with Crippen LogP contribution in [-0.2, 0) is 0 Å². The van der Waals surface area contributed by atoms with E-state index in [1.807, 2.05) is 42.5 Å². The van der Waals surface area contributed by atoms with Gasteiger partial charge in [0.15, 0.2) is 5.82 Å². The first kappa shape index (κ1) is 19.1. The molecule has 5 nitrogen and oxygen atoms in total. The Bertz CT molecular complexity index is 1150. The summed E-state index contributed by atoms with van der Waals surface area (Å²) in [5, 5.41) is 14.5. The molecule has 4 aromatic rings. The highest BCUT2D eigenvalue weighted by Crippen LogP contribution is 2.29. The molecular formula is C21H16F2N4OS. The van der Waals surface area contributed by atoms with Gasteiger partial charge in [0.25, 0.3) is 5.76 Å². The van der Waals surface area contributed by atoms with Crippen LogP contribution < -0.4 is 4.74 Å². The quantitative estimate of drug-likeness (QED) is 0.320. The van der Waals surface area contributed by atoms with E-state index in [9.17, 15) is 8.78 Å². The van der Waals surface area contributed by atoms with Gasteiger partial charge >= 0.3 is 0 Å². The summed E-state index contributed by atoms with van der Waals surface area (Å²) in [5.41, 5.74) is 1.56. The average Bonchev–Trinajstić information content (AvgIpc) is 3.14. The van der Waals surface area contributed by atoms with Crippen LogP contribution in [-0.4, -0.2) is 34.0 Å². The second-order valence-electron chi connectivity index (χ2n) is 6.04. The number of hydrogen-bond acceptors (Lipinski definition) is 5. The summed E-state index contributed by atoms with van der Waals surface area (Å²) in [6.45, 7) is 0. The van der Waals surface area contributed by atoms with Gasteiger partial charge in [0.2, 0.25) is 5.16 Å². The highest BCUT2D eigenvalue weighted by atomic mass is 32.2. The Morgan fingerprint density at radius 2 is 1.76 bits per heavy atom. The smallest absolute Gasteiger partial charge is 0.291 e. The highest BCUT2D eigenvalue weighted by Gasteiger charge is 2.18. The summed E-state index contributed by atoms with van der Waals surface area (Å²) < 4.78 is 32.5. The maximum atomic E-state index is 13.0. The van der Waals surface area contributed by atoms with Crippen molar-refractivity contribution in [2.75, 3.05) is 7.11 Å². The van der Waals surface area contributed by atoms with E-state index in [0.29, 0.717) is 28.9 Å². The molecule has 3 aromatic carbocycles. The number of fused-ring (bicyclic) bond motifs is 1. The molecule has 29 heavy (non-hydrogen) atoms. The van der Waals surface area contributed by atoms with Crippen molar-refractivity contribution in [1.82, 2.24) is 14.9 Å². The lowest BCUT2D eigenvalue weighted by Crippen LogP contribution is -1.98. The number of benzene rings is 3. The Morgan fingerprint density at radius 3 is 2.52 bits per heavy atom. The van der Waals surface area contributed by atoms with E-state index in [-0.39, 0.29) is 5.16 Å². The standard InChI is InChI=1S/C21H16F2N4OS/c1-28-17-11-9-15(10-12-17)19-25-26-21(29-20(22)23)27(19)24-13-16-7-4-6-14-5-2-3-8-18(14)16/h2-13,20H,1H3/b24-13-. The number of nitrogens with zero attached hydrogens (tertiary/aromatic N) is 4. The minimum absolute atomic E-state index is 0.0160. The van der Waals surface area contributed by atoms with Crippen molar-refractivity contribution < 1.29 is 13.5 Å². The Morgan fingerprint density at radius 1 is 1.00 bits per heavy atom. The van der Waals surface area contributed by atoms with Crippen LogP contribution in [0.15, 0.2) is 77.0 Å². The third-order valence-corrected chi connectivity index (χ3v) is 4.93. The van der Waals surface area contributed by atoms with Crippen molar-refractivity contribution in [2.24, 2.45) is 5.10 Å². The number of rotatable bonds is 6. The topological polar surface area (TPSA) is 52.3 Å². The van der Waals surface area contributed by atoms with Crippen LogP contribution in [0.3, 0.4) is 0 Å². The van der Waals surface area contributed by atoms with Gasteiger partial charge in [0, 0.05) is 11.1 Å². The molecule has 0 saturated heterocycles. The second-order valence-corrected chi connectivity index (χ2v) is 7.00. The predicted octanol–water partition coefficient (Wildman–Crippen LogP) is 5.30. The summed E-state index contributed by atoms with van der Waals surface area (Å²) in [5.74, 6) is -1.58. The van der Waals surface area contributed by atoms with Gasteiger partial charge < -0.3 is 4.74 Å². The largest absolute Gasteiger partial charge is 0.497 e. The average molecular weight is 410 g/mol. The molecule has 8 heteroatoms. The molecule has 0 aliphatic rings. The van der Waals surface area contributed by atoms with Crippen LogP contribution in [0, 0.1) is 0 Å². The third kappa shape index (κ3) is 4.12. The molecule has 0 aliphatic carbocycles. The molecule has 0 atom stereocenters. The molecule has 1 aromatic heterocycles. The number of methoxy groups -OCH3 is 1. The summed E-state index contributed by atoms with van der Waals surface area (Å²) in [6.07, 6.45) is 1.63. The lowest BCUT2D eigenvalue weighted by atomic mass is 10.1. The molecule has 0 unspecified atom stereocenters. The van der Waals surface area contributed by atoms with Gasteiger partial charge in [0.1, 0.15) is 5.75 Å². The van der Waals surface area contributed by atoms with E-state index < -0.39 is 5.76 Å². The number of thioether (sulfide) groups is 1. The normalized spacial score (nSPS) is 11.6. The SMILES string of the molecule is COc1ccc(-c2nnc(SC(F)F)n2/N=C\c2cccc3ccccc23)cc1. The van der Waals surface area contributed by atoms with E-state index in [2.05, 4.69) is 15.3 Å². The van der Waals surface area contributed by atoms with Crippen LogP contribution >= 0.6 is 11.8 Å². The van der Waals surface area contributed by atoms with Crippen LogP contribution in [0.5, 0.6) is 5.75 Å². The molecule has 0 amide bonds. The molecule has 146 valence electrons. The van der Waals surface area contributed by atoms with Crippen LogP contribution in [0.1, 0.15) is 5.56 Å². The summed E-state index contributed by atoms with van der Waals surface area (Å²) >= 11 is 0.305. The highest BCUT2D eigenvalue weighted by molar-refractivity contribution is 7.99. The zero-order valence-corrected chi connectivity index (χ0v) is 16.2. The first-order valence-corrected chi connectivity index (χ1v) is 9.60. The second kappa shape index (κ2) is 8.40. The van der Waals surface area contributed by atoms with Gasteiger partial charge in [-0.25, -0.2) is 0 Å². The van der Waals surface area contributed by atoms with Crippen LogP contribution in [0.2, 0.25) is 0 Å². The number of halogens is 2. The Hall–Kier alpha value is -3.26. The minimum Gasteiger partial charge on any atom is -0.497 e. The van der Waals surface area contributed by atoms with Gasteiger partial charge in [0.05, 0.1) is 13.3 Å². The van der Waals surface area contributed by atoms with Gasteiger partial charge in [-0.15, -0.1) is 10.2 Å². The number of aromatic nitrogens is 3. The fraction of sp³-hybridized carbons (Fsp3) is 0.0952. The first-order chi connectivity index (χ1) is 14.2. The third-order valence-electron chi connectivity index (χ3n) is 4.29. The van der Waals surface area contributed by atoms with Crippen molar-refractivity contribution in [2.45, 2.75) is 10.9 Å². The zero-order chi connectivity index (χ0) is 20.2. The number of alkyl halides is 2. The monoisotopic (exact) mass is 410 g/mol. The van der Waals surface area contributed by atoms with E-state index in [4.69, 9.17) is 4.74 Å². The Kier molecular flexibility index (Phi) is 5.53. The lowest BCUT2D eigenvalue weighted by Gasteiger charge is -2.06. The van der Waals surface area contributed by atoms with Crippen molar-refractivity contribution in [3.63, 3.8) is 0 Å². The molecule has 1 heterocycles. The number of hydrogen-bond donors (Lipinski definition) is 0.